The number of aromatic carboxylic acids is 1. The van der Waals surface area contributed by atoms with E-state index in [1.807, 2.05) is 11.8 Å². The molecule has 1 fully saturated rings. The molecule has 2 N–H and O–H groups in total. The van der Waals surface area contributed by atoms with Gasteiger partial charge in [0.15, 0.2) is 0 Å². The molecule has 1 aliphatic carbocycles. The summed E-state index contributed by atoms with van der Waals surface area (Å²) in [4.78, 5) is 11.3. The largest absolute Gasteiger partial charge is 0.497 e. The van der Waals surface area contributed by atoms with Gasteiger partial charge in [-0.1, -0.05) is 6.42 Å². The van der Waals surface area contributed by atoms with Gasteiger partial charge in [0.05, 0.1) is 18.4 Å². The Bertz CT molecular complexity index is 478. The second-order valence-corrected chi connectivity index (χ2v) is 6.22. The molecule has 4 nitrogen and oxygen atoms in total. The standard InChI is InChI=1S/C15H21NO3S/c1-19-11-6-7-13(15(17)18)14(9-11)16-10-4-3-5-12(8-10)20-2/h6-7,9-10,12,16H,3-5,8H2,1-2H3,(H,17,18). The summed E-state index contributed by atoms with van der Waals surface area (Å²) >= 11 is 1.90. The lowest BCUT2D eigenvalue weighted by atomic mass is 9.94. The van der Waals surface area contributed by atoms with Crippen molar-refractivity contribution in [1.29, 1.82) is 0 Å². The molecule has 0 saturated heterocycles. The van der Waals surface area contributed by atoms with Gasteiger partial charge in [-0.25, -0.2) is 4.79 Å². The predicted molar refractivity (Wildman–Crippen MR) is 83.1 cm³/mol. The Morgan fingerprint density at radius 3 is 2.90 bits per heavy atom. The number of methoxy groups -OCH3 is 1. The van der Waals surface area contributed by atoms with Gasteiger partial charge in [0, 0.05) is 17.4 Å². The highest BCUT2D eigenvalue weighted by Gasteiger charge is 2.22. The molecular weight excluding hydrogens is 274 g/mol. The van der Waals surface area contributed by atoms with Crippen LogP contribution in [0.4, 0.5) is 5.69 Å². The van der Waals surface area contributed by atoms with Gasteiger partial charge in [-0.3, -0.25) is 0 Å². The van der Waals surface area contributed by atoms with Crippen molar-refractivity contribution in [3.05, 3.63) is 23.8 Å². The average molecular weight is 295 g/mol. The van der Waals surface area contributed by atoms with Crippen molar-refractivity contribution in [2.45, 2.75) is 37.0 Å². The minimum Gasteiger partial charge on any atom is -0.497 e. The Hall–Kier alpha value is -1.36. The first-order valence-corrected chi connectivity index (χ1v) is 8.13. The molecule has 0 amide bonds. The zero-order chi connectivity index (χ0) is 14.5. The van der Waals surface area contributed by atoms with Crippen molar-refractivity contribution in [2.75, 3.05) is 18.7 Å². The van der Waals surface area contributed by atoms with Gasteiger partial charge in [-0.2, -0.15) is 11.8 Å². The van der Waals surface area contributed by atoms with Crippen LogP contribution in [0.15, 0.2) is 18.2 Å². The molecule has 1 aromatic carbocycles. The Labute approximate surface area is 123 Å². The number of anilines is 1. The molecule has 2 unspecified atom stereocenters. The highest BCUT2D eigenvalue weighted by atomic mass is 32.2. The van der Waals surface area contributed by atoms with Gasteiger partial charge < -0.3 is 15.2 Å². The number of ether oxygens (including phenoxy) is 1. The number of hydrogen-bond donors (Lipinski definition) is 2. The molecule has 1 saturated carbocycles. The number of rotatable bonds is 5. The molecule has 20 heavy (non-hydrogen) atoms. The number of thioether (sulfide) groups is 1. The van der Waals surface area contributed by atoms with E-state index in [9.17, 15) is 9.90 Å². The predicted octanol–water partition coefficient (Wildman–Crippen LogP) is 3.48. The highest BCUT2D eigenvalue weighted by molar-refractivity contribution is 7.99. The van der Waals surface area contributed by atoms with E-state index >= 15 is 0 Å². The van der Waals surface area contributed by atoms with Gasteiger partial charge in [0.2, 0.25) is 0 Å². The third-order valence-corrected chi connectivity index (χ3v) is 4.87. The number of hydrogen-bond acceptors (Lipinski definition) is 4. The molecule has 5 heteroatoms. The molecule has 2 rings (SSSR count). The smallest absolute Gasteiger partial charge is 0.337 e. The second-order valence-electron chi connectivity index (χ2n) is 5.08. The van der Waals surface area contributed by atoms with E-state index in [2.05, 4.69) is 11.6 Å². The molecule has 0 bridgehead atoms. The van der Waals surface area contributed by atoms with Crippen molar-refractivity contribution in [1.82, 2.24) is 0 Å². The lowest BCUT2D eigenvalue weighted by Crippen LogP contribution is -2.29. The van der Waals surface area contributed by atoms with Crippen LogP contribution in [-0.2, 0) is 0 Å². The van der Waals surface area contributed by atoms with Gasteiger partial charge in [0.25, 0.3) is 0 Å². The number of benzene rings is 1. The Morgan fingerprint density at radius 2 is 2.25 bits per heavy atom. The van der Waals surface area contributed by atoms with Crippen molar-refractivity contribution in [3.8, 4) is 5.75 Å². The Morgan fingerprint density at radius 1 is 1.45 bits per heavy atom. The minimum absolute atomic E-state index is 0.303. The fraction of sp³-hybridized carbons (Fsp3) is 0.533. The normalized spacial score (nSPS) is 22.3. The molecule has 2 atom stereocenters. The summed E-state index contributed by atoms with van der Waals surface area (Å²) < 4.78 is 5.18. The summed E-state index contributed by atoms with van der Waals surface area (Å²) in [7, 11) is 1.59. The maximum atomic E-state index is 11.3. The van der Waals surface area contributed by atoms with E-state index in [0.717, 1.165) is 12.8 Å². The SMILES string of the molecule is COc1ccc(C(=O)O)c(NC2CCCC(SC)C2)c1. The number of carboxylic acids is 1. The minimum atomic E-state index is -0.910. The van der Waals surface area contributed by atoms with Crippen molar-refractivity contribution >= 4 is 23.4 Å². The first kappa shape index (κ1) is 15.0. The first-order chi connectivity index (χ1) is 9.63. The number of carboxylic acid groups (broad SMARTS) is 1. The molecule has 1 aromatic rings. The summed E-state index contributed by atoms with van der Waals surface area (Å²) in [6, 6.07) is 5.39. The summed E-state index contributed by atoms with van der Waals surface area (Å²) in [5, 5.41) is 13.3. The molecule has 0 spiro atoms. The van der Waals surface area contributed by atoms with Gasteiger partial charge >= 0.3 is 5.97 Å². The highest BCUT2D eigenvalue weighted by Crippen LogP contribution is 2.31. The third-order valence-electron chi connectivity index (χ3n) is 3.78. The van der Waals surface area contributed by atoms with E-state index < -0.39 is 5.97 Å². The van der Waals surface area contributed by atoms with Gasteiger partial charge in [0.1, 0.15) is 5.75 Å². The zero-order valence-electron chi connectivity index (χ0n) is 11.9. The summed E-state index contributed by atoms with van der Waals surface area (Å²) in [6.45, 7) is 0. The first-order valence-electron chi connectivity index (χ1n) is 6.84. The summed E-state index contributed by atoms with van der Waals surface area (Å²) in [6.07, 6.45) is 6.75. The van der Waals surface area contributed by atoms with E-state index in [-0.39, 0.29) is 0 Å². The van der Waals surface area contributed by atoms with E-state index in [1.165, 1.54) is 12.8 Å². The van der Waals surface area contributed by atoms with Crippen LogP contribution in [0.1, 0.15) is 36.0 Å². The Kier molecular flexibility index (Phi) is 5.17. The van der Waals surface area contributed by atoms with Crippen LogP contribution in [0.2, 0.25) is 0 Å². The van der Waals surface area contributed by atoms with Crippen LogP contribution in [0.3, 0.4) is 0 Å². The zero-order valence-corrected chi connectivity index (χ0v) is 12.7. The molecule has 110 valence electrons. The fourth-order valence-corrected chi connectivity index (χ4v) is 3.49. The van der Waals surface area contributed by atoms with Gasteiger partial charge in [-0.15, -0.1) is 0 Å². The lowest BCUT2D eigenvalue weighted by molar-refractivity contribution is 0.0698. The second kappa shape index (κ2) is 6.88. The maximum absolute atomic E-state index is 11.3. The van der Waals surface area contributed by atoms with Crippen LogP contribution >= 0.6 is 11.8 Å². The van der Waals surface area contributed by atoms with Crippen LogP contribution < -0.4 is 10.1 Å². The quantitative estimate of drug-likeness (QED) is 0.871. The van der Waals surface area contributed by atoms with Crippen LogP contribution in [0.25, 0.3) is 0 Å². The summed E-state index contributed by atoms with van der Waals surface area (Å²) in [5.74, 6) is -0.234. The molecule has 0 aliphatic heterocycles. The molecule has 0 aromatic heterocycles. The van der Waals surface area contributed by atoms with E-state index in [1.54, 1.807) is 25.3 Å². The fourth-order valence-electron chi connectivity index (χ4n) is 2.67. The maximum Gasteiger partial charge on any atom is 0.337 e. The lowest BCUT2D eigenvalue weighted by Gasteiger charge is -2.30. The van der Waals surface area contributed by atoms with Crippen LogP contribution in [0.5, 0.6) is 5.75 Å². The number of nitrogens with one attached hydrogen (secondary N) is 1. The average Bonchev–Trinajstić information content (AvgIpc) is 2.47. The van der Waals surface area contributed by atoms with Crippen LogP contribution in [-0.4, -0.2) is 35.7 Å². The van der Waals surface area contributed by atoms with Gasteiger partial charge in [-0.05, 0) is 37.7 Å². The third kappa shape index (κ3) is 3.60. The van der Waals surface area contributed by atoms with Crippen LogP contribution in [0, 0.1) is 0 Å². The molecule has 0 heterocycles. The van der Waals surface area contributed by atoms with Crippen molar-refractivity contribution in [3.63, 3.8) is 0 Å². The van der Waals surface area contributed by atoms with E-state index in [4.69, 9.17) is 4.74 Å². The number of carbonyl (C=O) groups is 1. The monoisotopic (exact) mass is 295 g/mol. The molecule has 1 aliphatic rings. The molecule has 0 radical (unpaired) electrons. The van der Waals surface area contributed by atoms with Crippen molar-refractivity contribution < 1.29 is 14.6 Å². The topological polar surface area (TPSA) is 58.6 Å². The molecular formula is C15H21NO3S. The summed E-state index contributed by atoms with van der Waals surface area (Å²) in [5.41, 5.74) is 0.959. The van der Waals surface area contributed by atoms with Crippen molar-refractivity contribution in [2.24, 2.45) is 0 Å². The Balaban J connectivity index is 2.16. The van der Waals surface area contributed by atoms with E-state index in [0.29, 0.717) is 28.3 Å².